The molecule has 6 nitrogen and oxygen atoms in total. The molecule has 1 atom stereocenters. The number of hydrogen-bond donors (Lipinski definition) is 3. The number of nitrogens with one attached hydrogen (secondary N) is 3. The average Bonchev–Trinajstić information content (AvgIpc) is 3.05. The summed E-state index contributed by atoms with van der Waals surface area (Å²) in [6.45, 7) is 1.97. The number of hydrogen-bond acceptors (Lipinski definition) is 4. The molecule has 3 amide bonds. The number of carbonyl (C=O) groups excluding carboxylic acids is 3. The van der Waals surface area contributed by atoms with Crippen molar-refractivity contribution in [2.75, 3.05) is 10.6 Å². The molecule has 0 spiro atoms. The number of rotatable bonds is 10. The van der Waals surface area contributed by atoms with E-state index in [-0.39, 0.29) is 11.6 Å². The van der Waals surface area contributed by atoms with E-state index in [1.807, 2.05) is 67.6 Å². The Labute approximate surface area is 281 Å². The molecular weight excluding hydrogens is 637 g/mol. The minimum atomic E-state index is -0.569. The first-order valence-electron chi connectivity index (χ1n) is 14.3. The first-order chi connectivity index (χ1) is 22.2. The van der Waals surface area contributed by atoms with E-state index in [1.165, 1.54) is 17.8 Å². The first kappa shape index (κ1) is 32.6. The fourth-order valence-electron chi connectivity index (χ4n) is 4.53. The number of carbonyl (C=O) groups is 3. The van der Waals surface area contributed by atoms with Gasteiger partial charge in [-0.25, -0.2) is 0 Å². The van der Waals surface area contributed by atoms with E-state index < -0.39 is 17.1 Å². The zero-order valence-corrected chi connectivity index (χ0v) is 27.0. The predicted molar refractivity (Wildman–Crippen MR) is 188 cm³/mol. The van der Waals surface area contributed by atoms with Crippen molar-refractivity contribution in [3.05, 3.63) is 165 Å². The molecule has 5 aromatic carbocycles. The maximum Gasteiger partial charge on any atom is 0.272 e. The molecule has 0 saturated carbocycles. The first-order valence-corrected chi connectivity index (χ1v) is 15.9. The van der Waals surface area contributed by atoms with Gasteiger partial charge in [0.25, 0.3) is 11.8 Å². The number of halogens is 2. The van der Waals surface area contributed by atoms with Crippen LogP contribution in [-0.2, 0) is 9.59 Å². The van der Waals surface area contributed by atoms with Crippen LogP contribution in [0.2, 0.25) is 10.0 Å². The molecule has 1 unspecified atom stereocenters. The van der Waals surface area contributed by atoms with Gasteiger partial charge in [-0.15, -0.1) is 11.8 Å². The van der Waals surface area contributed by atoms with Crippen LogP contribution in [0.4, 0.5) is 11.4 Å². The maximum absolute atomic E-state index is 13.6. The predicted octanol–water partition coefficient (Wildman–Crippen LogP) is 9.18. The van der Waals surface area contributed by atoms with Gasteiger partial charge in [-0.05, 0) is 84.3 Å². The molecule has 9 heteroatoms. The Bertz CT molecular complexity index is 1900. The quantitative estimate of drug-likeness (QED) is 0.103. The van der Waals surface area contributed by atoms with Gasteiger partial charge in [-0.2, -0.15) is 0 Å². The number of anilines is 2. The smallest absolute Gasteiger partial charge is 0.272 e. The highest BCUT2D eigenvalue weighted by Crippen LogP contribution is 2.37. The summed E-state index contributed by atoms with van der Waals surface area (Å²) in [6.07, 6.45) is 1.49. The van der Waals surface area contributed by atoms with E-state index >= 15 is 0 Å². The Balaban J connectivity index is 1.39. The van der Waals surface area contributed by atoms with Crippen LogP contribution in [0.5, 0.6) is 0 Å². The van der Waals surface area contributed by atoms with E-state index in [0.717, 1.165) is 16.0 Å². The Kier molecular flexibility index (Phi) is 10.9. The second kappa shape index (κ2) is 15.5. The van der Waals surface area contributed by atoms with E-state index in [0.29, 0.717) is 32.5 Å². The molecule has 46 heavy (non-hydrogen) atoms. The Morgan fingerprint density at radius 3 is 2.09 bits per heavy atom. The summed E-state index contributed by atoms with van der Waals surface area (Å²) in [5.41, 5.74) is 3.93. The highest BCUT2D eigenvalue weighted by Gasteiger charge is 2.23. The van der Waals surface area contributed by atoms with Gasteiger partial charge in [0, 0.05) is 31.9 Å². The van der Waals surface area contributed by atoms with Gasteiger partial charge in [0.2, 0.25) is 5.91 Å². The molecule has 0 radical (unpaired) electrons. The summed E-state index contributed by atoms with van der Waals surface area (Å²) in [4.78, 5) is 41.0. The molecule has 0 aliphatic carbocycles. The van der Waals surface area contributed by atoms with Crippen molar-refractivity contribution >= 4 is 70.1 Å². The zero-order valence-electron chi connectivity index (χ0n) is 24.7. The summed E-state index contributed by atoms with van der Waals surface area (Å²) >= 11 is 13.8. The minimum Gasteiger partial charge on any atom is -0.325 e. The summed E-state index contributed by atoms with van der Waals surface area (Å²) in [6, 6.07) is 37.8. The maximum atomic E-state index is 13.6. The molecule has 0 aliphatic heterocycles. The van der Waals surface area contributed by atoms with Crippen LogP contribution in [0.1, 0.15) is 32.3 Å². The normalized spacial score (nSPS) is 11.8. The molecule has 0 aliphatic rings. The van der Waals surface area contributed by atoms with Crippen LogP contribution < -0.4 is 16.0 Å². The lowest BCUT2D eigenvalue weighted by Gasteiger charge is -2.18. The lowest BCUT2D eigenvalue weighted by atomic mass is 10.1. The van der Waals surface area contributed by atoms with Gasteiger partial charge in [0.1, 0.15) is 10.9 Å². The van der Waals surface area contributed by atoms with E-state index in [1.54, 1.807) is 66.7 Å². The monoisotopic (exact) mass is 665 g/mol. The fourth-order valence-corrected chi connectivity index (χ4v) is 6.08. The van der Waals surface area contributed by atoms with Gasteiger partial charge in [0.15, 0.2) is 0 Å². The third kappa shape index (κ3) is 8.88. The lowest BCUT2D eigenvalue weighted by molar-refractivity contribution is -0.116. The fraction of sp³-hybridized carbons (Fsp3) is 0.0541. The second-order valence-electron chi connectivity index (χ2n) is 10.3. The number of benzene rings is 5. The molecule has 0 fully saturated rings. The highest BCUT2D eigenvalue weighted by atomic mass is 35.5. The van der Waals surface area contributed by atoms with Gasteiger partial charge >= 0.3 is 0 Å². The Morgan fingerprint density at radius 2 is 1.39 bits per heavy atom. The minimum absolute atomic E-state index is 0.0178. The molecule has 3 N–H and O–H groups in total. The van der Waals surface area contributed by atoms with Crippen molar-refractivity contribution in [3.8, 4) is 0 Å². The summed E-state index contributed by atoms with van der Waals surface area (Å²) in [5, 5.41) is 8.81. The molecule has 0 heterocycles. The SMILES string of the molecule is Cc1cccc(NC(=O)C(Sc2cccc(NC(=O)/C(=C\c3ccc(Cl)cc3Cl)NC(=O)c3ccccc3)c2)c2ccccc2)c1. The highest BCUT2D eigenvalue weighted by molar-refractivity contribution is 8.00. The van der Waals surface area contributed by atoms with Crippen LogP contribution in [0.15, 0.2) is 138 Å². The Hall–Kier alpha value is -4.82. The van der Waals surface area contributed by atoms with Gasteiger partial charge in [0.05, 0.1) is 0 Å². The Morgan fingerprint density at radius 1 is 0.717 bits per heavy atom. The molecule has 0 saturated heterocycles. The number of amides is 3. The van der Waals surface area contributed by atoms with Crippen molar-refractivity contribution in [3.63, 3.8) is 0 Å². The van der Waals surface area contributed by atoms with Gasteiger partial charge < -0.3 is 16.0 Å². The molecule has 230 valence electrons. The van der Waals surface area contributed by atoms with Crippen LogP contribution in [0.3, 0.4) is 0 Å². The topological polar surface area (TPSA) is 87.3 Å². The third-order valence-electron chi connectivity index (χ3n) is 6.76. The molecular formula is C37H29Cl2N3O3S. The van der Waals surface area contributed by atoms with Crippen LogP contribution in [0, 0.1) is 6.92 Å². The third-order valence-corrected chi connectivity index (χ3v) is 8.57. The van der Waals surface area contributed by atoms with E-state index in [9.17, 15) is 14.4 Å². The average molecular weight is 667 g/mol. The van der Waals surface area contributed by atoms with E-state index in [4.69, 9.17) is 23.2 Å². The van der Waals surface area contributed by atoms with Gasteiger partial charge in [-0.3, -0.25) is 14.4 Å². The van der Waals surface area contributed by atoms with Crippen LogP contribution in [-0.4, -0.2) is 17.7 Å². The molecule has 5 aromatic rings. The lowest BCUT2D eigenvalue weighted by Crippen LogP contribution is -2.30. The van der Waals surface area contributed by atoms with Crippen molar-refractivity contribution in [1.29, 1.82) is 0 Å². The standard InChI is InChI=1S/C37H29Cl2N3O3S/c1-24-10-8-15-29(20-24)41-37(45)34(25-11-4-2-5-12-25)46-31-17-9-16-30(23-31)40-36(44)33(21-27-18-19-28(38)22-32(27)39)42-35(43)26-13-6-3-7-14-26/h2-23,34H,1H3,(H,40,44)(H,41,45)(H,42,43)/b33-21+. The molecule has 0 aromatic heterocycles. The molecule has 0 bridgehead atoms. The number of thioether (sulfide) groups is 1. The summed E-state index contributed by atoms with van der Waals surface area (Å²) < 4.78 is 0. The van der Waals surface area contributed by atoms with E-state index in [2.05, 4.69) is 16.0 Å². The summed E-state index contributed by atoms with van der Waals surface area (Å²) in [5.74, 6) is -1.19. The van der Waals surface area contributed by atoms with Crippen LogP contribution in [0.25, 0.3) is 6.08 Å². The van der Waals surface area contributed by atoms with Crippen molar-refractivity contribution in [1.82, 2.24) is 5.32 Å². The van der Waals surface area contributed by atoms with Crippen molar-refractivity contribution < 1.29 is 14.4 Å². The van der Waals surface area contributed by atoms with Crippen LogP contribution >= 0.6 is 35.0 Å². The van der Waals surface area contributed by atoms with Crippen molar-refractivity contribution in [2.24, 2.45) is 0 Å². The molecule has 5 rings (SSSR count). The summed E-state index contributed by atoms with van der Waals surface area (Å²) in [7, 11) is 0. The second-order valence-corrected chi connectivity index (χ2v) is 12.3. The van der Waals surface area contributed by atoms with Crippen molar-refractivity contribution in [2.45, 2.75) is 17.1 Å². The largest absolute Gasteiger partial charge is 0.325 e. The van der Waals surface area contributed by atoms with Gasteiger partial charge in [-0.1, -0.05) is 96.0 Å². The zero-order chi connectivity index (χ0) is 32.5. The number of aryl methyl sites for hydroxylation is 1.